The molecule has 1 aliphatic heterocycles. The van der Waals surface area contributed by atoms with Crippen molar-refractivity contribution in [2.45, 2.75) is 59.6 Å². The zero-order chi connectivity index (χ0) is 22.9. The Kier molecular flexibility index (Phi) is 6.58. The summed E-state index contributed by atoms with van der Waals surface area (Å²) >= 11 is 0. The van der Waals surface area contributed by atoms with Gasteiger partial charge in [-0.1, -0.05) is 35.9 Å². The van der Waals surface area contributed by atoms with Gasteiger partial charge in [0, 0.05) is 23.6 Å². The lowest BCUT2D eigenvalue weighted by molar-refractivity contribution is -0.143. The molecule has 4 nitrogen and oxygen atoms in total. The van der Waals surface area contributed by atoms with Crippen LogP contribution in [0.4, 0.5) is 8.78 Å². The number of hydrogen-bond acceptors (Lipinski definition) is 3. The SMILES string of the molecule is CC1=C(C(=O)OC(C)C)C(c2cc(C)ccc2C)CC(=O)N1Cc1cccc(F)c1F. The van der Waals surface area contributed by atoms with Crippen LogP contribution < -0.4 is 0 Å². The molecule has 0 fully saturated rings. The van der Waals surface area contributed by atoms with Gasteiger partial charge in [-0.25, -0.2) is 13.6 Å². The topological polar surface area (TPSA) is 46.6 Å². The fraction of sp³-hybridized carbons (Fsp3) is 0.360. The second-order valence-corrected chi connectivity index (χ2v) is 8.26. The van der Waals surface area contributed by atoms with Crippen molar-refractivity contribution in [2.24, 2.45) is 0 Å². The van der Waals surface area contributed by atoms with E-state index in [1.165, 1.54) is 17.0 Å². The van der Waals surface area contributed by atoms with Crippen LogP contribution in [0.5, 0.6) is 0 Å². The third-order valence-corrected chi connectivity index (χ3v) is 5.56. The molecule has 1 atom stereocenters. The van der Waals surface area contributed by atoms with Crippen molar-refractivity contribution in [2.75, 3.05) is 0 Å². The Morgan fingerprint density at radius 2 is 1.87 bits per heavy atom. The lowest BCUT2D eigenvalue weighted by atomic mass is 9.81. The standard InChI is InChI=1S/C25H27F2NO3/c1-14(2)31-25(30)23-17(5)28(13-18-7-6-8-21(26)24(18)27)22(29)12-20(23)19-11-15(3)9-10-16(19)4/h6-11,14,20H,12-13H2,1-5H3. The normalized spacial score (nSPS) is 16.8. The molecule has 164 valence electrons. The molecule has 6 heteroatoms. The minimum absolute atomic E-state index is 0.0428. The van der Waals surface area contributed by atoms with Crippen LogP contribution in [0.3, 0.4) is 0 Å². The number of amides is 1. The number of carbonyl (C=O) groups is 2. The largest absolute Gasteiger partial charge is 0.460 e. The van der Waals surface area contributed by atoms with Crippen LogP contribution in [0, 0.1) is 25.5 Å². The van der Waals surface area contributed by atoms with Crippen molar-refractivity contribution in [3.8, 4) is 0 Å². The highest BCUT2D eigenvalue weighted by Gasteiger charge is 2.38. The smallest absolute Gasteiger partial charge is 0.336 e. The van der Waals surface area contributed by atoms with E-state index in [1.807, 2.05) is 32.0 Å². The Labute approximate surface area is 181 Å². The molecule has 1 amide bonds. The molecule has 0 saturated carbocycles. The lowest BCUT2D eigenvalue weighted by Gasteiger charge is -2.35. The molecule has 0 radical (unpaired) electrons. The predicted octanol–water partition coefficient (Wildman–Crippen LogP) is 5.32. The number of ether oxygens (including phenoxy) is 1. The van der Waals surface area contributed by atoms with E-state index in [1.54, 1.807) is 20.8 Å². The summed E-state index contributed by atoms with van der Waals surface area (Å²) in [5.74, 6) is -3.20. The van der Waals surface area contributed by atoms with Crippen LogP contribution in [0.25, 0.3) is 0 Å². The molecule has 0 N–H and O–H groups in total. The summed E-state index contributed by atoms with van der Waals surface area (Å²) in [4.78, 5) is 27.5. The molecule has 1 unspecified atom stereocenters. The number of aryl methyl sites for hydroxylation is 2. The van der Waals surface area contributed by atoms with Gasteiger partial charge < -0.3 is 9.64 Å². The fourth-order valence-electron chi connectivity index (χ4n) is 3.99. The summed E-state index contributed by atoms with van der Waals surface area (Å²) in [5, 5.41) is 0. The van der Waals surface area contributed by atoms with E-state index in [9.17, 15) is 18.4 Å². The molecule has 1 aliphatic rings. The molecule has 2 aromatic carbocycles. The van der Waals surface area contributed by atoms with Crippen LogP contribution in [0.2, 0.25) is 0 Å². The fourth-order valence-corrected chi connectivity index (χ4v) is 3.99. The van der Waals surface area contributed by atoms with E-state index in [-0.39, 0.29) is 30.5 Å². The molecule has 0 aliphatic carbocycles. The highest BCUT2D eigenvalue weighted by Crippen LogP contribution is 2.39. The number of carbonyl (C=O) groups excluding carboxylic acids is 2. The maximum absolute atomic E-state index is 14.3. The minimum atomic E-state index is -0.994. The second kappa shape index (κ2) is 9.00. The van der Waals surface area contributed by atoms with Crippen molar-refractivity contribution in [1.82, 2.24) is 4.90 Å². The summed E-state index contributed by atoms with van der Waals surface area (Å²) < 4.78 is 33.4. The first-order valence-electron chi connectivity index (χ1n) is 10.3. The van der Waals surface area contributed by atoms with Gasteiger partial charge in [0.1, 0.15) is 0 Å². The summed E-state index contributed by atoms with van der Waals surface area (Å²) in [6.45, 7) is 8.91. The van der Waals surface area contributed by atoms with Gasteiger partial charge in [-0.3, -0.25) is 4.79 Å². The van der Waals surface area contributed by atoms with Crippen LogP contribution >= 0.6 is 0 Å². The highest BCUT2D eigenvalue weighted by atomic mass is 19.2. The highest BCUT2D eigenvalue weighted by molar-refractivity contribution is 5.96. The first-order valence-corrected chi connectivity index (χ1v) is 10.3. The Morgan fingerprint density at radius 1 is 1.16 bits per heavy atom. The second-order valence-electron chi connectivity index (χ2n) is 8.26. The van der Waals surface area contributed by atoms with E-state index < -0.39 is 23.5 Å². The van der Waals surface area contributed by atoms with Crippen molar-refractivity contribution >= 4 is 11.9 Å². The average molecular weight is 427 g/mol. The molecule has 1 heterocycles. The predicted molar refractivity (Wildman–Crippen MR) is 114 cm³/mol. The summed E-state index contributed by atoms with van der Waals surface area (Å²) in [6.07, 6.45) is -0.292. The first kappa shape index (κ1) is 22.7. The molecule has 0 saturated heterocycles. The minimum Gasteiger partial charge on any atom is -0.460 e. The molecular formula is C25H27F2NO3. The van der Waals surface area contributed by atoms with E-state index in [0.717, 1.165) is 22.8 Å². The molecule has 3 rings (SSSR count). The lowest BCUT2D eigenvalue weighted by Crippen LogP contribution is -2.38. The quantitative estimate of drug-likeness (QED) is 0.607. The number of nitrogens with zero attached hydrogens (tertiary/aromatic N) is 1. The van der Waals surface area contributed by atoms with E-state index in [0.29, 0.717) is 11.3 Å². The van der Waals surface area contributed by atoms with Crippen molar-refractivity contribution in [3.05, 3.63) is 81.6 Å². The molecule has 0 bridgehead atoms. The van der Waals surface area contributed by atoms with Crippen LogP contribution in [-0.2, 0) is 20.9 Å². The monoisotopic (exact) mass is 427 g/mol. The number of rotatable bonds is 5. The summed E-state index contributed by atoms with van der Waals surface area (Å²) in [5.41, 5.74) is 3.70. The van der Waals surface area contributed by atoms with Gasteiger partial charge in [-0.2, -0.15) is 0 Å². The number of allylic oxidation sites excluding steroid dienone is 1. The summed E-state index contributed by atoms with van der Waals surface area (Å²) in [7, 11) is 0. The van der Waals surface area contributed by atoms with Gasteiger partial charge in [0.05, 0.1) is 18.2 Å². The molecule has 0 aromatic heterocycles. The maximum Gasteiger partial charge on any atom is 0.336 e. The maximum atomic E-state index is 14.3. The zero-order valence-electron chi connectivity index (χ0n) is 18.5. The van der Waals surface area contributed by atoms with Gasteiger partial charge >= 0.3 is 5.97 Å². The molecule has 2 aromatic rings. The number of halogens is 2. The van der Waals surface area contributed by atoms with E-state index in [4.69, 9.17) is 4.74 Å². The first-order chi connectivity index (χ1) is 14.6. The third kappa shape index (κ3) is 4.68. The van der Waals surface area contributed by atoms with Crippen molar-refractivity contribution in [1.29, 1.82) is 0 Å². The third-order valence-electron chi connectivity index (χ3n) is 5.56. The number of benzene rings is 2. The summed E-state index contributed by atoms with van der Waals surface area (Å²) in [6, 6.07) is 9.78. The van der Waals surface area contributed by atoms with Crippen LogP contribution in [0.1, 0.15) is 55.4 Å². The van der Waals surface area contributed by atoms with Gasteiger partial charge in [-0.05, 0) is 51.8 Å². The molecular weight excluding hydrogens is 400 g/mol. The Morgan fingerprint density at radius 3 is 2.55 bits per heavy atom. The van der Waals surface area contributed by atoms with Crippen LogP contribution in [-0.4, -0.2) is 22.9 Å². The van der Waals surface area contributed by atoms with Crippen LogP contribution in [0.15, 0.2) is 47.7 Å². The van der Waals surface area contributed by atoms with E-state index in [2.05, 4.69) is 0 Å². The van der Waals surface area contributed by atoms with Gasteiger partial charge in [0.15, 0.2) is 11.6 Å². The van der Waals surface area contributed by atoms with Gasteiger partial charge in [0.2, 0.25) is 5.91 Å². The number of hydrogen-bond donors (Lipinski definition) is 0. The van der Waals surface area contributed by atoms with E-state index >= 15 is 0 Å². The zero-order valence-corrected chi connectivity index (χ0v) is 18.5. The Hall–Kier alpha value is -3.02. The van der Waals surface area contributed by atoms with Gasteiger partial charge in [0.25, 0.3) is 0 Å². The van der Waals surface area contributed by atoms with Crippen molar-refractivity contribution in [3.63, 3.8) is 0 Å². The Balaban J connectivity index is 2.11. The Bertz CT molecular complexity index is 1060. The van der Waals surface area contributed by atoms with Gasteiger partial charge in [-0.15, -0.1) is 0 Å². The molecule has 31 heavy (non-hydrogen) atoms. The average Bonchev–Trinajstić information content (AvgIpc) is 2.69. The molecule has 0 spiro atoms. The van der Waals surface area contributed by atoms with Crippen molar-refractivity contribution < 1.29 is 23.1 Å². The number of esters is 1.